The van der Waals surface area contributed by atoms with E-state index in [1.807, 2.05) is 5.38 Å². The molecule has 29 heavy (non-hydrogen) atoms. The third-order valence-corrected chi connectivity index (χ3v) is 6.64. The summed E-state index contributed by atoms with van der Waals surface area (Å²) in [6.07, 6.45) is 1.85. The molecule has 2 aromatic heterocycles. The topological polar surface area (TPSA) is 88.0 Å². The van der Waals surface area contributed by atoms with Crippen LogP contribution in [0, 0.1) is 11.3 Å². The lowest BCUT2D eigenvalue weighted by Gasteiger charge is -2.34. The van der Waals surface area contributed by atoms with Crippen molar-refractivity contribution in [1.82, 2.24) is 14.9 Å². The monoisotopic (exact) mass is 406 g/mol. The summed E-state index contributed by atoms with van der Waals surface area (Å²) < 4.78 is 0. The van der Waals surface area contributed by atoms with Crippen LogP contribution >= 0.6 is 11.3 Å². The van der Waals surface area contributed by atoms with Crippen LogP contribution in [0.2, 0.25) is 0 Å². The van der Waals surface area contributed by atoms with E-state index in [0.29, 0.717) is 5.69 Å². The smallest absolute Gasteiger partial charge is 0.253 e. The molecule has 0 atom stereocenters. The number of H-pyrrole nitrogens is 1. The molecular formula is C21H22N6OS. The van der Waals surface area contributed by atoms with E-state index in [2.05, 4.69) is 49.4 Å². The van der Waals surface area contributed by atoms with Gasteiger partial charge in [0, 0.05) is 55.6 Å². The minimum absolute atomic E-state index is 0.0330. The Balaban J connectivity index is 1.30. The van der Waals surface area contributed by atoms with Crippen LogP contribution in [0.25, 0.3) is 10.9 Å². The average molecular weight is 407 g/mol. The van der Waals surface area contributed by atoms with E-state index in [0.717, 1.165) is 79.4 Å². The molecular weight excluding hydrogens is 384 g/mol. The van der Waals surface area contributed by atoms with Crippen LogP contribution in [0.1, 0.15) is 23.2 Å². The van der Waals surface area contributed by atoms with Gasteiger partial charge in [0.2, 0.25) is 0 Å². The van der Waals surface area contributed by atoms with Gasteiger partial charge in [0.1, 0.15) is 6.07 Å². The van der Waals surface area contributed by atoms with E-state index >= 15 is 0 Å². The van der Waals surface area contributed by atoms with Gasteiger partial charge in [-0.25, -0.2) is 4.98 Å². The summed E-state index contributed by atoms with van der Waals surface area (Å²) in [6.45, 7) is 5.48. The zero-order chi connectivity index (χ0) is 19.8. The van der Waals surface area contributed by atoms with Crippen molar-refractivity contribution < 1.29 is 0 Å². The van der Waals surface area contributed by atoms with Crippen molar-refractivity contribution in [2.75, 3.05) is 42.9 Å². The summed E-state index contributed by atoms with van der Waals surface area (Å²) in [5.74, 6) is 0. The highest BCUT2D eigenvalue weighted by Gasteiger charge is 2.20. The number of anilines is 2. The number of rotatable bonds is 3. The fraction of sp³-hybridized carbons (Fsp3) is 0.381. The summed E-state index contributed by atoms with van der Waals surface area (Å²) in [5, 5.41) is 16.2. The van der Waals surface area contributed by atoms with E-state index < -0.39 is 0 Å². The molecule has 0 bridgehead atoms. The van der Waals surface area contributed by atoms with Crippen molar-refractivity contribution in [3.63, 3.8) is 0 Å². The molecule has 7 nitrogen and oxygen atoms in total. The fourth-order valence-electron chi connectivity index (χ4n) is 4.22. The molecule has 2 aliphatic rings. The van der Waals surface area contributed by atoms with Gasteiger partial charge < -0.3 is 15.2 Å². The van der Waals surface area contributed by atoms with E-state index in [1.54, 1.807) is 0 Å². The standard InChI is InChI=1S/C21H22N6OS/c22-11-15-13-29-21(24-15)27-8-6-26(7-9-27)12-14-3-4-16-18(10-14)25-20(28)17-2-1-5-23-19(16)17/h3-4,10,13,23H,1-2,5-9,12H2,(H,25,28). The van der Waals surface area contributed by atoms with E-state index in [9.17, 15) is 4.79 Å². The molecule has 0 amide bonds. The quantitative estimate of drug-likeness (QED) is 0.695. The van der Waals surface area contributed by atoms with Gasteiger partial charge in [-0.1, -0.05) is 12.1 Å². The molecule has 0 unspecified atom stereocenters. The molecule has 5 rings (SSSR count). The number of nitrogens with zero attached hydrogens (tertiary/aromatic N) is 4. The van der Waals surface area contributed by atoms with E-state index in [1.165, 1.54) is 16.9 Å². The molecule has 2 aliphatic heterocycles. The van der Waals surface area contributed by atoms with Gasteiger partial charge in [-0.05, 0) is 24.5 Å². The van der Waals surface area contributed by atoms with Gasteiger partial charge in [0.05, 0.1) is 11.2 Å². The second kappa shape index (κ2) is 7.50. The second-order valence-electron chi connectivity index (χ2n) is 7.61. The number of aromatic nitrogens is 2. The maximum atomic E-state index is 12.4. The van der Waals surface area contributed by atoms with Crippen molar-refractivity contribution >= 4 is 33.1 Å². The van der Waals surface area contributed by atoms with Gasteiger partial charge in [0.25, 0.3) is 5.56 Å². The Bertz CT molecular complexity index is 1150. The third-order valence-electron chi connectivity index (χ3n) is 5.74. The van der Waals surface area contributed by atoms with Crippen LogP contribution < -0.4 is 15.8 Å². The number of benzene rings is 1. The predicted octanol–water partition coefficient (Wildman–Crippen LogP) is 2.54. The molecule has 0 spiro atoms. The number of aromatic amines is 1. The van der Waals surface area contributed by atoms with E-state index in [-0.39, 0.29) is 5.56 Å². The lowest BCUT2D eigenvalue weighted by atomic mass is 10.0. The van der Waals surface area contributed by atoms with Crippen molar-refractivity contribution in [3.05, 3.63) is 50.8 Å². The molecule has 4 heterocycles. The number of hydrogen-bond donors (Lipinski definition) is 2. The molecule has 1 aromatic carbocycles. The van der Waals surface area contributed by atoms with Crippen LogP contribution in [0.4, 0.5) is 10.8 Å². The van der Waals surface area contributed by atoms with Crippen LogP contribution in [-0.2, 0) is 13.0 Å². The second-order valence-corrected chi connectivity index (χ2v) is 8.44. The number of thiazole rings is 1. The summed E-state index contributed by atoms with van der Waals surface area (Å²) in [5.41, 5.74) is 4.54. The SMILES string of the molecule is N#Cc1csc(N2CCN(Cc3ccc4c5c(c(=O)[nH]c4c3)CCCN5)CC2)n1. The summed E-state index contributed by atoms with van der Waals surface area (Å²) in [7, 11) is 0. The Morgan fingerprint density at radius 3 is 2.90 bits per heavy atom. The lowest BCUT2D eigenvalue weighted by Crippen LogP contribution is -2.45. The number of fused-ring (bicyclic) bond motifs is 3. The minimum Gasteiger partial charge on any atom is -0.384 e. The predicted molar refractivity (Wildman–Crippen MR) is 116 cm³/mol. The van der Waals surface area contributed by atoms with E-state index in [4.69, 9.17) is 5.26 Å². The van der Waals surface area contributed by atoms with Gasteiger partial charge in [0.15, 0.2) is 10.8 Å². The average Bonchev–Trinajstić information content (AvgIpc) is 3.24. The normalized spacial score (nSPS) is 17.0. The van der Waals surface area contributed by atoms with Crippen LogP contribution in [-0.4, -0.2) is 47.6 Å². The Hall–Kier alpha value is -2.89. The lowest BCUT2D eigenvalue weighted by molar-refractivity contribution is 0.250. The Labute approximate surface area is 172 Å². The minimum atomic E-state index is 0.0330. The zero-order valence-corrected chi connectivity index (χ0v) is 16.9. The first-order valence-electron chi connectivity index (χ1n) is 9.96. The summed E-state index contributed by atoms with van der Waals surface area (Å²) >= 11 is 1.53. The highest BCUT2D eigenvalue weighted by Crippen LogP contribution is 2.28. The molecule has 148 valence electrons. The first-order chi connectivity index (χ1) is 14.2. The Morgan fingerprint density at radius 2 is 2.10 bits per heavy atom. The number of nitrogens with one attached hydrogen (secondary N) is 2. The molecule has 0 aliphatic carbocycles. The van der Waals surface area contributed by atoms with Gasteiger partial charge in [-0.2, -0.15) is 5.26 Å². The highest BCUT2D eigenvalue weighted by atomic mass is 32.1. The van der Waals surface area contributed by atoms with Crippen molar-refractivity contribution in [2.45, 2.75) is 19.4 Å². The molecule has 2 N–H and O–H groups in total. The van der Waals surface area contributed by atoms with Crippen molar-refractivity contribution in [3.8, 4) is 6.07 Å². The van der Waals surface area contributed by atoms with Gasteiger partial charge >= 0.3 is 0 Å². The van der Waals surface area contributed by atoms with Crippen LogP contribution in [0.3, 0.4) is 0 Å². The highest BCUT2D eigenvalue weighted by molar-refractivity contribution is 7.13. The Morgan fingerprint density at radius 1 is 1.24 bits per heavy atom. The summed E-state index contributed by atoms with van der Waals surface area (Å²) in [6, 6.07) is 8.51. The number of hydrogen-bond acceptors (Lipinski definition) is 7. The molecule has 0 radical (unpaired) electrons. The van der Waals surface area contributed by atoms with Crippen molar-refractivity contribution in [2.24, 2.45) is 0 Å². The van der Waals surface area contributed by atoms with Crippen LogP contribution in [0.15, 0.2) is 28.4 Å². The maximum absolute atomic E-state index is 12.4. The molecule has 1 saturated heterocycles. The van der Waals surface area contributed by atoms with Gasteiger partial charge in [-0.3, -0.25) is 9.69 Å². The largest absolute Gasteiger partial charge is 0.384 e. The van der Waals surface area contributed by atoms with Crippen LogP contribution in [0.5, 0.6) is 0 Å². The summed E-state index contributed by atoms with van der Waals surface area (Å²) in [4.78, 5) is 24.5. The molecule has 1 fully saturated rings. The number of pyridine rings is 1. The zero-order valence-electron chi connectivity index (χ0n) is 16.1. The third kappa shape index (κ3) is 3.48. The first kappa shape index (κ1) is 18.2. The van der Waals surface area contributed by atoms with Gasteiger partial charge in [-0.15, -0.1) is 11.3 Å². The fourth-order valence-corrected chi connectivity index (χ4v) is 5.03. The number of piperazine rings is 1. The first-order valence-corrected chi connectivity index (χ1v) is 10.8. The Kier molecular flexibility index (Phi) is 4.70. The maximum Gasteiger partial charge on any atom is 0.253 e. The van der Waals surface area contributed by atoms with Crippen molar-refractivity contribution in [1.29, 1.82) is 5.26 Å². The molecule has 0 saturated carbocycles. The molecule has 8 heteroatoms. The number of nitriles is 1. The molecule has 3 aromatic rings.